The standard InChI is InChI=1S/C31H50O5/c1-3-25-15-28(36-30(34-25)27-13-18-4-5-21(27)8-18)24-14-26(6-17(2)32)35-31(33-16-24)29-22-9-19-7-20(11-22)12-23(29)10-19/h17-32H,3-16H2,1-2H3. The topological polar surface area (TPSA) is 57.2 Å². The molecular weight excluding hydrogens is 452 g/mol. The molecule has 10 atom stereocenters. The van der Waals surface area contributed by atoms with E-state index in [1.165, 1.54) is 57.8 Å². The summed E-state index contributed by atoms with van der Waals surface area (Å²) in [6.07, 6.45) is 16.1. The van der Waals surface area contributed by atoms with Gasteiger partial charge in [-0.05, 0) is 113 Å². The van der Waals surface area contributed by atoms with Crippen molar-refractivity contribution in [2.75, 3.05) is 6.61 Å². The maximum absolute atomic E-state index is 10.3. The van der Waals surface area contributed by atoms with Crippen molar-refractivity contribution >= 4 is 0 Å². The Hall–Kier alpha value is -0.200. The summed E-state index contributed by atoms with van der Waals surface area (Å²) in [6.45, 7) is 4.90. The molecule has 0 aromatic rings. The second kappa shape index (κ2) is 10.1. The third kappa shape index (κ3) is 4.72. The summed E-state index contributed by atoms with van der Waals surface area (Å²) < 4.78 is 27.0. The Morgan fingerprint density at radius 2 is 1.42 bits per heavy atom. The number of rotatable bonds is 6. The molecule has 0 spiro atoms. The Morgan fingerprint density at radius 3 is 2.06 bits per heavy atom. The predicted octanol–water partition coefficient (Wildman–Crippen LogP) is 5.92. The van der Waals surface area contributed by atoms with Gasteiger partial charge in [0.15, 0.2) is 12.6 Å². The van der Waals surface area contributed by atoms with E-state index in [4.69, 9.17) is 18.9 Å². The highest BCUT2D eigenvalue weighted by Crippen LogP contribution is 2.58. The van der Waals surface area contributed by atoms with Gasteiger partial charge in [-0.15, -0.1) is 0 Å². The van der Waals surface area contributed by atoms with Crippen molar-refractivity contribution in [3.63, 3.8) is 0 Å². The van der Waals surface area contributed by atoms with Crippen LogP contribution in [-0.4, -0.2) is 48.7 Å². The molecule has 0 aromatic heterocycles. The lowest BCUT2D eigenvalue weighted by Crippen LogP contribution is -2.51. The smallest absolute Gasteiger partial charge is 0.161 e. The molecular formula is C31H50O5. The predicted molar refractivity (Wildman–Crippen MR) is 137 cm³/mol. The van der Waals surface area contributed by atoms with Crippen LogP contribution >= 0.6 is 0 Å². The molecule has 5 heteroatoms. The zero-order valence-corrected chi connectivity index (χ0v) is 22.6. The normalized spacial score (nSPS) is 55.1. The fourth-order valence-corrected chi connectivity index (χ4v) is 10.5. The summed E-state index contributed by atoms with van der Waals surface area (Å²) in [5, 5.41) is 10.3. The van der Waals surface area contributed by atoms with Gasteiger partial charge in [0.2, 0.25) is 0 Å². The first-order chi connectivity index (χ1) is 17.5. The van der Waals surface area contributed by atoms with Gasteiger partial charge in [0.25, 0.3) is 0 Å². The molecule has 36 heavy (non-hydrogen) atoms. The van der Waals surface area contributed by atoms with Crippen molar-refractivity contribution in [2.24, 2.45) is 53.3 Å². The summed E-state index contributed by atoms with van der Waals surface area (Å²) in [4.78, 5) is 0. The summed E-state index contributed by atoms with van der Waals surface area (Å²) in [7, 11) is 0. The molecule has 0 aromatic carbocycles. The highest BCUT2D eigenvalue weighted by molar-refractivity contribution is 5.00. The maximum atomic E-state index is 10.3. The van der Waals surface area contributed by atoms with E-state index in [-0.39, 0.29) is 37.0 Å². The third-order valence-electron chi connectivity index (χ3n) is 11.8. The van der Waals surface area contributed by atoms with Crippen LogP contribution in [0, 0.1) is 53.3 Å². The number of ether oxygens (including phenoxy) is 4. The molecule has 2 aliphatic heterocycles. The fraction of sp³-hybridized carbons (Fsp3) is 1.00. The molecule has 8 aliphatic rings. The Morgan fingerprint density at radius 1 is 0.694 bits per heavy atom. The molecule has 6 aliphatic carbocycles. The van der Waals surface area contributed by atoms with Crippen LogP contribution in [0.2, 0.25) is 0 Å². The van der Waals surface area contributed by atoms with Gasteiger partial charge in [-0.25, -0.2) is 0 Å². The number of hydrogen-bond acceptors (Lipinski definition) is 5. The van der Waals surface area contributed by atoms with Gasteiger partial charge in [0, 0.05) is 24.2 Å². The summed E-state index contributed by atoms with van der Waals surface area (Å²) >= 11 is 0. The molecule has 8 rings (SSSR count). The zero-order chi connectivity index (χ0) is 24.4. The Balaban J connectivity index is 1.07. The van der Waals surface area contributed by atoms with Crippen LogP contribution in [0.25, 0.3) is 0 Å². The quantitative estimate of drug-likeness (QED) is 0.488. The van der Waals surface area contributed by atoms with Gasteiger partial charge in [-0.2, -0.15) is 0 Å². The molecule has 2 heterocycles. The molecule has 0 amide bonds. The van der Waals surface area contributed by atoms with Crippen LogP contribution in [0.1, 0.15) is 97.3 Å². The number of hydrogen-bond donors (Lipinski definition) is 1. The van der Waals surface area contributed by atoms with Crippen molar-refractivity contribution < 1.29 is 24.1 Å². The van der Waals surface area contributed by atoms with E-state index >= 15 is 0 Å². The van der Waals surface area contributed by atoms with E-state index < -0.39 is 0 Å². The van der Waals surface area contributed by atoms with Gasteiger partial charge in [0.1, 0.15) is 0 Å². The second-order valence-corrected chi connectivity index (χ2v) is 14.3. The number of aliphatic hydroxyl groups is 1. The van der Waals surface area contributed by atoms with Crippen LogP contribution in [0.4, 0.5) is 0 Å². The Kier molecular flexibility index (Phi) is 6.95. The van der Waals surface area contributed by atoms with Crippen molar-refractivity contribution in [1.82, 2.24) is 0 Å². The molecule has 6 bridgehead atoms. The Labute approximate surface area is 218 Å². The van der Waals surface area contributed by atoms with E-state index in [1.54, 1.807) is 0 Å². The lowest BCUT2D eigenvalue weighted by atomic mass is 9.51. The summed E-state index contributed by atoms with van der Waals surface area (Å²) in [5.41, 5.74) is 0. The SMILES string of the molecule is CCC1CC(C2COC(C3C4CC5CC(C4)CC3C5)OC(CC(C)O)C2)OC(C2CC3CCC2C3)O1. The van der Waals surface area contributed by atoms with Crippen LogP contribution in [0.15, 0.2) is 0 Å². The average Bonchev–Trinajstić information content (AvgIpc) is 3.43. The lowest BCUT2D eigenvalue weighted by Gasteiger charge is -2.56. The van der Waals surface area contributed by atoms with Crippen LogP contribution < -0.4 is 0 Å². The molecule has 0 radical (unpaired) electrons. The minimum atomic E-state index is -0.353. The van der Waals surface area contributed by atoms with Gasteiger partial charge in [-0.1, -0.05) is 13.3 Å². The average molecular weight is 503 g/mol. The van der Waals surface area contributed by atoms with E-state index in [2.05, 4.69) is 6.92 Å². The molecule has 6 saturated carbocycles. The summed E-state index contributed by atoms with van der Waals surface area (Å²) in [6, 6.07) is 0. The lowest BCUT2D eigenvalue weighted by molar-refractivity contribution is -0.281. The Bertz CT molecular complexity index is 742. The van der Waals surface area contributed by atoms with E-state index in [9.17, 15) is 5.11 Å². The van der Waals surface area contributed by atoms with Gasteiger partial charge < -0.3 is 24.1 Å². The van der Waals surface area contributed by atoms with Gasteiger partial charge in [0.05, 0.1) is 31.0 Å². The molecule has 8 fully saturated rings. The number of fused-ring (bicyclic) bond motifs is 2. The fourth-order valence-electron chi connectivity index (χ4n) is 10.5. The molecule has 204 valence electrons. The zero-order valence-electron chi connectivity index (χ0n) is 22.6. The second-order valence-electron chi connectivity index (χ2n) is 14.3. The van der Waals surface area contributed by atoms with Crippen molar-refractivity contribution in [1.29, 1.82) is 0 Å². The largest absolute Gasteiger partial charge is 0.393 e. The first-order valence-corrected chi connectivity index (χ1v) is 15.8. The van der Waals surface area contributed by atoms with Crippen molar-refractivity contribution in [2.45, 2.75) is 134 Å². The molecule has 10 unspecified atom stereocenters. The van der Waals surface area contributed by atoms with Gasteiger partial charge >= 0.3 is 0 Å². The third-order valence-corrected chi connectivity index (χ3v) is 11.8. The van der Waals surface area contributed by atoms with Crippen molar-refractivity contribution in [3.05, 3.63) is 0 Å². The highest BCUT2D eigenvalue weighted by atomic mass is 16.7. The van der Waals surface area contributed by atoms with Gasteiger partial charge in [-0.3, -0.25) is 0 Å². The minimum Gasteiger partial charge on any atom is -0.393 e. The first kappa shape index (κ1) is 24.8. The van der Waals surface area contributed by atoms with E-state index in [0.717, 1.165) is 61.4 Å². The molecule has 2 saturated heterocycles. The number of aliphatic hydroxyl groups excluding tert-OH is 1. The highest BCUT2D eigenvalue weighted by Gasteiger charge is 2.53. The maximum Gasteiger partial charge on any atom is 0.161 e. The van der Waals surface area contributed by atoms with Crippen LogP contribution in [0.3, 0.4) is 0 Å². The van der Waals surface area contributed by atoms with Crippen molar-refractivity contribution in [3.8, 4) is 0 Å². The monoisotopic (exact) mass is 502 g/mol. The van der Waals surface area contributed by atoms with E-state index in [1.807, 2.05) is 6.92 Å². The minimum absolute atomic E-state index is 0.0383. The van der Waals surface area contributed by atoms with Crippen LogP contribution in [-0.2, 0) is 18.9 Å². The summed E-state index contributed by atoms with van der Waals surface area (Å²) in [5.74, 6) is 6.62. The molecule has 5 nitrogen and oxygen atoms in total. The van der Waals surface area contributed by atoms with E-state index in [0.29, 0.717) is 24.2 Å². The molecule has 1 N–H and O–H groups in total. The van der Waals surface area contributed by atoms with Crippen LogP contribution in [0.5, 0.6) is 0 Å². The first-order valence-electron chi connectivity index (χ1n) is 15.8.